The number of pyridine rings is 2. The van der Waals surface area contributed by atoms with Crippen molar-refractivity contribution in [1.82, 2.24) is 24.8 Å². The first-order chi connectivity index (χ1) is 11.8. The van der Waals surface area contributed by atoms with Crippen LogP contribution in [0.1, 0.15) is 22.4 Å². The number of aryl methyl sites for hydroxylation is 1. The summed E-state index contributed by atoms with van der Waals surface area (Å²) in [6.45, 7) is 4.95. The van der Waals surface area contributed by atoms with Crippen molar-refractivity contribution in [3.05, 3.63) is 71.6 Å². The molecular formula is C19H19N5. The number of nitrogens with zero attached hydrogens (tertiary/aromatic N) is 5. The molecule has 5 nitrogen and oxygen atoms in total. The Morgan fingerprint density at radius 1 is 1.08 bits per heavy atom. The highest BCUT2D eigenvalue weighted by atomic mass is 15.1. The molecule has 0 aliphatic carbocycles. The van der Waals surface area contributed by atoms with E-state index in [9.17, 15) is 0 Å². The fraction of sp³-hybridized carbons (Fsp3) is 0.263. The summed E-state index contributed by atoms with van der Waals surface area (Å²) in [7, 11) is 0. The van der Waals surface area contributed by atoms with Crippen LogP contribution in [0.5, 0.6) is 0 Å². The summed E-state index contributed by atoms with van der Waals surface area (Å²) in [6, 6.07) is 5.97. The predicted octanol–water partition coefficient (Wildman–Crippen LogP) is 2.80. The lowest BCUT2D eigenvalue weighted by molar-refractivity contribution is 0.242. The smallest absolute Gasteiger partial charge is 0.160 e. The second-order valence-electron chi connectivity index (χ2n) is 6.17. The number of aromatic nitrogens is 4. The van der Waals surface area contributed by atoms with Gasteiger partial charge >= 0.3 is 0 Å². The monoisotopic (exact) mass is 317 g/mol. The van der Waals surface area contributed by atoms with Gasteiger partial charge in [-0.3, -0.25) is 14.9 Å². The van der Waals surface area contributed by atoms with Crippen molar-refractivity contribution in [3.8, 4) is 11.4 Å². The highest BCUT2D eigenvalue weighted by Gasteiger charge is 2.19. The van der Waals surface area contributed by atoms with Gasteiger partial charge in [0.2, 0.25) is 0 Å². The molecule has 0 aromatic carbocycles. The topological polar surface area (TPSA) is 54.8 Å². The van der Waals surface area contributed by atoms with Crippen molar-refractivity contribution < 1.29 is 0 Å². The molecule has 120 valence electrons. The fourth-order valence-corrected chi connectivity index (χ4v) is 3.05. The quantitative estimate of drug-likeness (QED) is 0.743. The Labute approximate surface area is 141 Å². The van der Waals surface area contributed by atoms with Crippen molar-refractivity contribution in [2.75, 3.05) is 6.54 Å². The Bertz CT molecular complexity index is 847. The van der Waals surface area contributed by atoms with Gasteiger partial charge < -0.3 is 0 Å². The lowest BCUT2D eigenvalue weighted by Crippen LogP contribution is -2.31. The van der Waals surface area contributed by atoms with Crippen LogP contribution in [-0.2, 0) is 19.5 Å². The maximum Gasteiger partial charge on any atom is 0.160 e. The van der Waals surface area contributed by atoms with Crippen LogP contribution in [-0.4, -0.2) is 31.4 Å². The first kappa shape index (κ1) is 14.9. The van der Waals surface area contributed by atoms with Crippen molar-refractivity contribution in [2.24, 2.45) is 0 Å². The first-order valence-corrected chi connectivity index (χ1v) is 8.16. The van der Waals surface area contributed by atoms with E-state index in [1.54, 1.807) is 6.20 Å². The van der Waals surface area contributed by atoms with Gasteiger partial charge in [0.25, 0.3) is 0 Å². The Morgan fingerprint density at radius 2 is 2.00 bits per heavy atom. The Hall–Kier alpha value is -2.66. The van der Waals surface area contributed by atoms with E-state index in [2.05, 4.69) is 32.8 Å². The van der Waals surface area contributed by atoms with E-state index in [1.165, 1.54) is 16.7 Å². The van der Waals surface area contributed by atoms with Crippen LogP contribution in [0.4, 0.5) is 0 Å². The average Bonchev–Trinajstić information content (AvgIpc) is 2.64. The summed E-state index contributed by atoms with van der Waals surface area (Å²) in [5, 5.41) is 0. The summed E-state index contributed by atoms with van der Waals surface area (Å²) < 4.78 is 0. The van der Waals surface area contributed by atoms with E-state index in [4.69, 9.17) is 4.98 Å². The number of hydrogen-bond acceptors (Lipinski definition) is 5. The minimum Gasteiger partial charge on any atom is -0.294 e. The Morgan fingerprint density at radius 3 is 2.83 bits per heavy atom. The molecule has 4 rings (SSSR count). The van der Waals surface area contributed by atoms with Gasteiger partial charge in [-0.15, -0.1) is 0 Å². The lowest BCUT2D eigenvalue weighted by atomic mass is 10.1. The molecular weight excluding hydrogens is 298 g/mol. The van der Waals surface area contributed by atoms with Gasteiger partial charge in [-0.05, 0) is 36.2 Å². The zero-order valence-electron chi connectivity index (χ0n) is 13.7. The predicted molar refractivity (Wildman–Crippen MR) is 92.1 cm³/mol. The molecule has 24 heavy (non-hydrogen) atoms. The maximum absolute atomic E-state index is 4.75. The van der Waals surface area contributed by atoms with Gasteiger partial charge in [-0.1, -0.05) is 0 Å². The molecule has 4 heterocycles. The van der Waals surface area contributed by atoms with Crippen molar-refractivity contribution in [2.45, 2.75) is 26.4 Å². The summed E-state index contributed by atoms with van der Waals surface area (Å²) in [5.74, 6) is 0.762. The second kappa shape index (κ2) is 6.45. The van der Waals surface area contributed by atoms with Crippen molar-refractivity contribution >= 4 is 0 Å². The van der Waals surface area contributed by atoms with Crippen LogP contribution in [0.15, 0.2) is 49.2 Å². The van der Waals surface area contributed by atoms with E-state index in [1.807, 2.05) is 36.9 Å². The van der Waals surface area contributed by atoms with Gasteiger partial charge in [0.1, 0.15) is 0 Å². The first-order valence-electron chi connectivity index (χ1n) is 8.16. The molecule has 0 bridgehead atoms. The largest absolute Gasteiger partial charge is 0.294 e. The third-order valence-electron chi connectivity index (χ3n) is 4.47. The van der Waals surface area contributed by atoms with Crippen molar-refractivity contribution in [1.29, 1.82) is 0 Å². The van der Waals surface area contributed by atoms with Crippen LogP contribution < -0.4 is 0 Å². The zero-order valence-corrected chi connectivity index (χ0v) is 13.7. The van der Waals surface area contributed by atoms with Crippen LogP contribution in [0, 0.1) is 6.92 Å². The standard InChI is InChI=1S/C19H19N5/c1-14-4-7-21-10-16(14)12-24-8-5-18-17(13-24)11-22-19(23-18)15-3-2-6-20-9-15/h2-4,6-7,9-11H,5,8,12-13H2,1H3. The van der Waals surface area contributed by atoms with Crippen LogP contribution >= 0.6 is 0 Å². The molecule has 3 aromatic heterocycles. The normalized spacial score (nSPS) is 14.4. The van der Waals surface area contributed by atoms with E-state index < -0.39 is 0 Å². The van der Waals surface area contributed by atoms with Crippen molar-refractivity contribution in [3.63, 3.8) is 0 Å². The Balaban J connectivity index is 1.53. The molecule has 0 saturated heterocycles. The summed E-state index contributed by atoms with van der Waals surface area (Å²) in [6.07, 6.45) is 10.3. The molecule has 1 aliphatic rings. The molecule has 0 radical (unpaired) electrons. The highest BCUT2D eigenvalue weighted by molar-refractivity contribution is 5.53. The molecule has 5 heteroatoms. The second-order valence-corrected chi connectivity index (χ2v) is 6.17. The van der Waals surface area contributed by atoms with E-state index in [0.29, 0.717) is 0 Å². The Kier molecular flexibility index (Phi) is 4.01. The third-order valence-corrected chi connectivity index (χ3v) is 4.47. The molecule has 1 aliphatic heterocycles. The van der Waals surface area contributed by atoms with Crippen LogP contribution in [0.3, 0.4) is 0 Å². The van der Waals surface area contributed by atoms with E-state index in [-0.39, 0.29) is 0 Å². The summed E-state index contributed by atoms with van der Waals surface area (Å²) in [5.41, 5.74) is 5.92. The molecule has 0 spiro atoms. The molecule has 0 atom stereocenters. The third kappa shape index (κ3) is 3.03. The number of rotatable bonds is 3. The minimum atomic E-state index is 0.762. The van der Waals surface area contributed by atoms with Crippen LogP contribution in [0.2, 0.25) is 0 Å². The average molecular weight is 317 g/mol. The van der Waals surface area contributed by atoms with E-state index >= 15 is 0 Å². The number of fused-ring (bicyclic) bond motifs is 1. The SMILES string of the molecule is Cc1ccncc1CN1CCc2nc(-c3cccnc3)ncc2C1. The molecule has 0 amide bonds. The fourth-order valence-electron chi connectivity index (χ4n) is 3.05. The number of hydrogen-bond donors (Lipinski definition) is 0. The van der Waals surface area contributed by atoms with Gasteiger partial charge in [-0.25, -0.2) is 9.97 Å². The molecule has 0 unspecified atom stereocenters. The van der Waals surface area contributed by atoms with Gasteiger partial charge in [0.15, 0.2) is 5.82 Å². The van der Waals surface area contributed by atoms with Gasteiger partial charge in [0, 0.05) is 68.2 Å². The molecule has 0 saturated carbocycles. The van der Waals surface area contributed by atoms with Gasteiger partial charge in [-0.2, -0.15) is 0 Å². The molecule has 0 fully saturated rings. The summed E-state index contributed by atoms with van der Waals surface area (Å²) >= 11 is 0. The van der Waals surface area contributed by atoms with Gasteiger partial charge in [0.05, 0.1) is 5.69 Å². The molecule has 3 aromatic rings. The minimum absolute atomic E-state index is 0.762. The highest BCUT2D eigenvalue weighted by Crippen LogP contribution is 2.22. The lowest BCUT2D eigenvalue weighted by Gasteiger charge is -2.28. The summed E-state index contributed by atoms with van der Waals surface area (Å²) in [4.78, 5) is 20.1. The zero-order chi connectivity index (χ0) is 16.4. The van der Waals surface area contributed by atoms with E-state index in [0.717, 1.165) is 43.1 Å². The van der Waals surface area contributed by atoms with Crippen LogP contribution in [0.25, 0.3) is 11.4 Å². The molecule has 0 N–H and O–H groups in total. The maximum atomic E-state index is 4.75.